The van der Waals surface area contributed by atoms with E-state index in [1.165, 1.54) is 0 Å². The molecule has 0 N–H and O–H groups in total. The Balaban J connectivity index is 3.19. The summed E-state index contributed by atoms with van der Waals surface area (Å²) in [5.41, 5.74) is 2.00. The lowest BCUT2D eigenvalue weighted by Gasteiger charge is -2.05. The lowest BCUT2D eigenvalue weighted by Crippen LogP contribution is -2.06. The van der Waals surface area contributed by atoms with Crippen molar-refractivity contribution >= 4 is 9.84 Å². The lowest BCUT2D eigenvalue weighted by molar-refractivity contribution is 0.594. The van der Waals surface area contributed by atoms with Gasteiger partial charge in [-0.15, -0.1) is 0 Å². The Hall–Kier alpha value is -0.830. The average molecular weight is 212 g/mol. The monoisotopic (exact) mass is 212 g/mol. The van der Waals surface area contributed by atoms with E-state index in [9.17, 15) is 8.42 Å². The van der Waals surface area contributed by atoms with Gasteiger partial charge in [-0.2, -0.15) is 0 Å². The summed E-state index contributed by atoms with van der Waals surface area (Å²) in [5.74, 6) is 0.232. The lowest BCUT2D eigenvalue weighted by atomic mass is 10.2. The summed E-state index contributed by atoms with van der Waals surface area (Å²) in [5, 5.41) is 0. The largest absolute Gasteiger partial charge is 0.224 e. The zero-order chi connectivity index (χ0) is 10.8. The van der Waals surface area contributed by atoms with Gasteiger partial charge in [-0.3, -0.25) is 0 Å². The fraction of sp³-hybridized carbons (Fsp3) is 0.455. The highest BCUT2D eigenvalue weighted by atomic mass is 32.2. The highest BCUT2D eigenvalue weighted by molar-refractivity contribution is 7.91. The van der Waals surface area contributed by atoms with Gasteiger partial charge in [-0.05, 0) is 43.5 Å². The van der Waals surface area contributed by atoms with Crippen LogP contribution in [0.3, 0.4) is 0 Å². The van der Waals surface area contributed by atoms with Crippen molar-refractivity contribution in [3.8, 4) is 0 Å². The predicted octanol–water partition coefficient (Wildman–Crippen LogP) is 2.49. The number of hydrogen-bond donors (Lipinski definition) is 0. The van der Waals surface area contributed by atoms with E-state index in [2.05, 4.69) is 0 Å². The molecule has 0 atom stereocenters. The maximum absolute atomic E-state index is 11.7. The van der Waals surface area contributed by atoms with Crippen LogP contribution in [0.2, 0.25) is 0 Å². The van der Waals surface area contributed by atoms with Crippen LogP contribution in [0.25, 0.3) is 0 Å². The highest BCUT2D eigenvalue weighted by Crippen LogP contribution is 2.16. The van der Waals surface area contributed by atoms with Crippen LogP contribution >= 0.6 is 0 Å². The van der Waals surface area contributed by atoms with Crippen LogP contribution in [-0.2, 0) is 9.84 Å². The third-order valence-corrected chi connectivity index (χ3v) is 3.93. The summed E-state index contributed by atoms with van der Waals surface area (Å²) < 4.78 is 23.5. The van der Waals surface area contributed by atoms with Gasteiger partial charge in [0.2, 0.25) is 0 Å². The van der Waals surface area contributed by atoms with Crippen molar-refractivity contribution in [1.82, 2.24) is 0 Å². The summed E-state index contributed by atoms with van der Waals surface area (Å²) >= 11 is 0. The highest BCUT2D eigenvalue weighted by Gasteiger charge is 2.13. The summed E-state index contributed by atoms with van der Waals surface area (Å²) in [6.45, 7) is 5.70. The van der Waals surface area contributed by atoms with Gasteiger partial charge in [0.1, 0.15) is 0 Å². The SMILES string of the molecule is CCCS(=O)(=O)c1cc(C)cc(C)c1. The minimum atomic E-state index is -3.06. The van der Waals surface area contributed by atoms with Gasteiger partial charge < -0.3 is 0 Å². The second-order valence-corrected chi connectivity index (χ2v) is 5.75. The molecule has 0 radical (unpaired) electrons. The third-order valence-electron chi connectivity index (χ3n) is 2.03. The van der Waals surface area contributed by atoms with E-state index in [4.69, 9.17) is 0 Å². The van der Waals surface area contributed by atoms with Crippen LogP contribution in [0.1, 0.15) is 24.5 Å². The second-order valence-electron chi connectivity index (χ2n) is 3.64. The number of rotatable bonds is 3. The zero-order valence-electron chi connectivity index (χ0n) is 8.87. The van der Waals surface area contributed by atoms with E-state index in [-0.39, 0.29) is 5.75 Å². The molecule has 2 nitrogen and oxygen atoms in total. The molecule has 0 amide bonds. The molecule has 0 aliphatic carbocycles. The number of sulfone groups is 1. The summed E-state index contributed by atoms with van der Waals surface area (Å²) in [6.07, 6.45) is 0.662. The van der Waals surface area contributed by atoms with Crippen molar-refractivity contribution in [3.63, 3.8) is 0 Å². The fourth-order valence-electron chi connectivity index (χ4n) is 1.50. The van der Waals surface area contributed by atoms with Crippen molar-refractivity contribution in [2.75, 3.05) is 5.75 Å². The first-order valence-corrected chi connectivity index (χ1v) is 6.42. The fourth-order valence-corrected chi connectivity index (χ4v) is 3.00. The maximum Gasteiger partial charge on any atom is 0.178 e. The third kappa shape index (κ3) is 2.58. The van der Waals surface area contributed by atoms with Gasteiger partial charge in [-0.1, -0.05) is 13.0 Å². The molecule has 14 heavy (non-hydrogen) atoms. The molecule has 0 aromatic heterocycles. The minimum absolute atomic E-state index is 0.232. The topological polar surface area (TPSA) is 34.1 Å². The molecule has 0 unspecified atom stereocenters. The Morgan fingerprint density at radius 2 is 1.57 bits per heavy atom. The maximum atomic E-state index is 11.7. The Morgan fingerprint density at radius 3 is 2.00 bits per heavy atom. The molecular weight excluding hydrogens is 196 g/mol. The molecule has 1 aromatic carbocycles. The summed E-state index contributed by atoms with van der Waals surface area (Å²) in [7, 11) is -3.06. The Bertz CT molecular complexity index is 399. The van der Waals surface area contributed by atoms with Crippen LogP contribution < -0.4 is 0 Å². The molecule has 0 fully saturated rings. The Morgan fingerprint density at radius 1 is 1.07 bits per heavy atom. The van der Waals surface area contributed by atoms with Crippen LogP contribution in [-0.4, -0.2) is 14.2 Å². The molecule has 3 heteroatoms. The van der Waals surface area contributed by atoms with Gasteiger partial charge in [-0.25, -0.2) is 8.42 Å². The van der Waals surface area contributed by atoms with E-state index in [1.54, 1.807) is 12.1 Å². The van der Waals surface area contributed by atoms with Crippen molar-refractivity contribution in [3.05, 3.63) is 29.3 Å². The first-order valence-electron chi connectivity index (χ1n) is 4.77. The van der Waals surface area contributed by atoms with Crippen molar-refractivity contribution in [1.29, 1.82) is 0 Å². The van der Waals surface area contributed by atoms with Gasteiger partial charge >= 0.3 is 0 Å². The van der Waals surface area contributed by atoms with Gasteiger partial charge in [0, 0.05) is 0 Å². The molecular formula is C11H16O2S. The molecule has 0 saturated heterocycles. The zero-order valence-corrected chi connectivity index (χ0v) is 9.69. The molecule has 78 valence electrons. The first kappa shape index (κ1) is 11.2. The molecule has 0 aliphatic rings. The molecule has 1 aromatic rings. The van der Waals surface area contributed by atoms with Crippen LogP contribution in [0.5, 0.6) is 0 Å². The average Bonchev–Trinajstić information content (AvgIpc) is 2.02. The smallest absolute Gasteiger partial charge is 0.178 e. The van der Waals surface area contributed by atoms with E-state index < -0.39 is 9.84 Å². The summed E-state index contributed by atoms with van der Waals surface area (Å²) in [4.78, 5) is 0.455. The van der Waals surface area contributed by atoms with E-state index in [0.717, 1.165) is 11.1 Å². The van der Waals surface area contributed by atoms with Crippen molar-refractivity contribution in [2.24, 2.45) is 0 Å². The van der Waals surface area contributed by atoms with Gasteiger partial charge in [0.25, 0.3) is 0 Å². The molecule has 0 aliphatic heterocycles. The van der Waals surface area contributed by atoms with E-state index in [1.807, 2.05) is 26.8 Å². The molecule has 0 saturated carbocycles. The summed E-state index contributed by atoms with van der Waals surface area (Å²) in [6, 6.07) is 5.45. The van der Waals surface area contributed by atoms with Crippen LogP contribution in [0.15, 0.2) is 23.1 Å². The van der Waals surface area contributed by atoms with Gasteiger partial charge in [0.05, 0.1) is 10.6 Å². The minimum Gasteiger partial charge on any atom is -0.224 e. The standard InChI is InChI=1S/C11H16O2S/c1-4-5-14(12,13)11-7-9(2)6-10(3)8-11/h6-8H,4-5H2,1-3H3. The van der Waals surface area contributed by atoms with E-state index in [0.29, 0.717) is 11.3 Å². The second kappa shape index (κ2) is 4.13. The molecule has 1 rings (SSSR count). The number of benzene rings is 1. The first-order chi connectivity index (χ1) is 6.45. The van der Waals surface area contributed by atoms with Crippen LogP contribution in [0.4, 0.5) is 0 Å². The normalized spacial score (nSPS) is 11.6. The Kier molecular flexibility index (Phi) is 3.32. The predicted molar refractivity (Wildman–Crippen MR) is 58.3 cm³/mol. The molecule has 0 bridgehead atoms. The quantitative estimate of drug-likeness (QED) is 0.771. The van der Waals surface area contributed by atoms with Crippen molar-refractivity contribution < 1.29 is 8.42 Å². The number of hydrogen-bond acceptors (Lipinski definition) is 2. The Labute approximate surface area is 85.9 Å². The van der Waals surface area contributed by atoms with Gasteiger partial charge in [0.15, 0.2) is 9.84 Å². The number of aryl methyl sites for hydroxylation is 2. The van der Waals surface area contributed by atoms with Crippen molar-refractivity contribution in [2.45, 2.75) is 32.1 Å². The molecule has 0 heterocycles. The van der Waals surface area contributed by atoms with Crippen LogP contribution in [0, 0.1) is 13.8 Å². The van der Waals surface area contributed by atoms with E-state index >= 15 is 0 Å². The molecule has 0 spiro atoms.